The molecule has 13 atom stereocenters. The summed E-state index contributed by atoms with van der Waals surface area (Å²) >= 11 is 0. The van der Waals surface area contributed by atoms with Gasteiger partial charge in [-0.2, -0.15) is 0 Å². The van der Waals surface area contributed by atoms with Crippen molar-refractivity contribution in [3.63, 3.8) is 0 Å². The summed E-state index contributed by atoms with van der Waals surface area (Å²) in [5.41, 5.74) is 2.03. The highest BCUT2D eigenvalue weighted by atomic mass is 16.7. The SMILES string of the molecule is COC(C)(C)CCC[C@@](O)(CO[C@@H]1O[C@H](CO)[C@@H](O)[C@H](O)[C@H]1O)[C@H]1CC[C@]2(C)[C@@H]1CC[C@@H]1C3=C(CC[C@]12C)C(C)(C)[C@@H]1CC[C@H]3O1. The molecule has 264 valence electrons. The second-order valence-corrected chi connectivity index (χ2v) is 17.5. The molecule has 0 unspecified atom stereocenters. The summed E-state index contributed by atoms with van der Waals surface area (Å²) in [6.07, 6.45) is 4.49. The van der Waals surface area contributed by atoms with E-state index in [-0.39, 0.29) is 40.5 Å². The molecule has 2 saturated heterocycles. The molecule has 9 nitrogen and oxygen atoms in total. The van der Waals surface area contributed by atoms with Crippen LogP contribution in [0.5, 0.6) is 0 Å². The third-order valence-corrected chi connectivity index (χ3v) is 14.7. The predicted molar refractivity (Wildman–Crippen MR) is 173 cm³/mol. The maximum Gasteiger partial charge on any atom is 0.186 e. The molecule has 2 bridgehead atoms. The molecule has 0 aromatic heterocycles. The van der Waals surface area contributed by atoms with E-state index >= 15 is 0 Å². The van der Waals surface area contributed by atoms with Crippen LogP contribution in [0, 0.1) is 34.0 Å². The monoisotopic (exact) mass is 650 g/mol. The Labute approximate surface area is 276 Å². The summed E-state index contributed by atoms with van der Waals surface area (Å²) in [5, 5.41) is 53.8. The second-order valence-electron chi connectivity index (χ2n) is 17.5. The third kappa shape index (κ3) is 5.47. The molecule has 0 aromatic carbocycles. The van der Waals surface area contributed by atoms with Crippen LogP contribution in [0.4, 0.5) is 0 Å². The third-order valence-electron chi connectivity index (χ3n) is 14.7. The molecule has 9 heteroatoms. The number of ether oxygens (including phenoxy) is 4. The van der Waals surface area contributed by atoms with Crippen molar-refractivity contribution in [1.82, 2.24) is 0 Å². The van der Waals surface area contributed by atoms with Crippen molar-refractivity contribution in [2.75, 3.05) is 20.3 Å². The molecular weight excluding hydrogens is 588 g/mol. The van der Waals surface area contributed by atoms with Gasteiger partial charge in [-0.15, -0.1) is 0 Å². The highest BCUT2D eigenvalue weighted by molar-refractivity contribution is 5.38. The van der Waals surface area contributed by atoms with Crippen LogP contribution in [0.15, 0.2) is 11.1 Å². The molecule has 46 heavy (non-hydrogen) atoms. The van der Waals surface area contributed by atoms with Gasteiger partial charge in [0, 0.05) is 12.5 Å². The van der Waals surface area contributed by atoms with E-state index in [2.05, 4.69) is 41.5 Å². The molecule has 0 aromatic rings. The van der Waals surface area contributed by atoms with E-state index in [4.69, 9.17) is 18.9 Å². The van der Waals surface area contributed by atoms with Gasteiger partial charge in [0.1, 0.15) is 24.4 Å². The lowest BCUT2D eigenvalue weighted by molar-refractivity contribution is -0.311. The van der Waals surface area contributed by atoms with Crippen molar-refractivity contribution in [3.8, 4) is 0 Å². The van der Waals surface area contributed by atoms with Crippen LogP contribution >= 0.6 is 0 Å². The van der Waals surface area contributed by atoms with Crippen molar-refractivity contribution < 1.29 is 44.5 Å². The first-order chi connectivity index (χ1) is 21.5. The molecule has 3 heterocycles. The summed E-state index contributed by atoms with van der Waals surface area (Å²) in [5.74, 6) is 0.806. The number of hydrogen-bond donors (Lipinski definition) is 5. The minimum absolute atomic E-state index is 0.00361. The number of rotatable bonds is 10. The fraction of sp³-hybridized carbons (Fsp3) is 0.946. The largest absolute Gasteiger partial charge is 0.394 e. The lowest BCUT2D eigenvalue weighted by atomic mass is 9.43. The van der Waals surface area contributed by atoms with Crippen molar-refractivity contribution in [3.05, 3.63) is 11.1 Å². The summed E-state index contributed by atoms with van der Waals surface area (Å²) in [6, 6.07) is 0. The van der Waals surface area contributed by atoms with Gasteiger partial charge in [0.2, 0.25) is 0 Å². The molecule has 3 aliphatic heterocycles. The average molecular weight is 651 g/mol. The molecule has 0 radical (unpaired) electrons. The Morgan fingerprint density at radius 3 is 2.30 bits per heavy atom. The predicted octanol–water partition coefficient (Wildman–Crippen LogP) is 4.26. The molecule has 5 N–H and O–H groups in total. The molecule has 0 amide bonds. The smallest absolute Gasteiger partial charge is 0.186 e. The van der Waals surface area contributed by atoms with Crippen LogP contribution in [0.2, 0.25) is 0 Å². The number of aliphatic hydroxyl groups is 5. The van der Waals surface area contributed by atoms with E-state index in [1.807, 2.05) is 0 Å². The van der Waals surface area contributed by atoms with E-state index in [9.17, 15) is 25.5 Å². The Hall–Kier alpha value is -0.620. The molecule has 3 aliphatic carbocycles. The van der Waals surface area contributed by atoms with Crippen molar-refractivity contribution >= 4 is 0 Å². The van der Waals surface area contributed by atoms with E-state index in [0.29, 0.717) is 24.4 Å². The summed E-state index contributed by atoms with van der Waals surface area (Å²) in [6.45, 7) is 13.4. The normalized spacial score (nSPS) is 46.4. The van der Waals surface area contributed by atoms with Gasteiger partial charge in [0.05, 0.1) is 36.6 Å². The molecular formula is C37H62O9. The highest BCUT2D eigenvalue weighted by Gasteiger charge is 2.66. The molecule has 0 spiro atoms. The Kier molecular flexibility index (Phi) is 9.42. The lowest BCUT2D eigenvalue weighted by Crippen LogP contribution is -2.60. The van der Waals surface area contributed by atoms with Crippen LogP contribution in [0.1, 0.15) is 112 Å². The number of methoxy groups -OCH3 is 1. The number of fused-ring (bicyclic) bond motifs is 7. The molecule has 4 fully saturated rings. The zero-order valence-electron chi connectivity index (χ0n) is 29.3. The molecule has 2 saturated carbocycles. The summed E-state index contributed by atoms with van der Waals surface area (Å²) in [4.78, 5) is 0. The van der Waals surface area contributed by atoms with E-state index in [1.54, 1.807) is 18.3 Å². The molecule has 6 aliphatic rings. The number of aliphatic hydroxyl groups excluding tert-OH is 4. The maximum absolute atomic E-state index is 12.7. The first kappa shape index (κ1) is 35.2. The van der Waals surface area contributed by atoms with E-state index < -0.39 is 42.9 Å². The Morgan fingerprint density at radius 2 is 1.61 bits per heavy atom. The molecule has 6 rings (SSSR count). The van der Waals surface area contributed by atoms with Gasteiger partial charge in [0.15, 0.2) is 6.29 Å². The summed E-state index contributed by atoms with van der Waals surface area (Å²) < 4.78 is 24.2. The van der Waals surface area contributed by atoms with Crippen molar-refractivity contribution in [2.24, 2.45) is 34.0 Å². The Morgan fingerprint density at radius 1 is 0.870 bits per heavy atom. The van der Waals surface area contributed by atoms with Gasteiger partial charge in [0.25, 0.3) is 0 Å². The van der Waals surface area contributed by atoms with Gasteiger partial charge < -0.3 is 44.5 Å². The second kappa shape index (κ2) is 12.3. The van der Waals surface area contributed by atoms with E-state index in [0.717, 1.165) is 57.8 Å². The van der Waals surface area contributed by atoms with Crippen LogP contribution < -0.4 is 0 Å². The van der Waals surface area contributed by atoms with Crippen molar-refractivity contribution in [2.45, 2.75) is 166 Å². The number of hydrogen-bond acceptors (Lipinski definition) is 9. The fourth-order valence-electron chi connectivity index (χ4n) is 11.3. The van der Waals surface area contributed by atoms with Crippen LogP contribution in [0.25, 0.3) is 0 Å². The fourth-order valence-corrected chi connectivity index (χ4v) is 11.3. The topological polar surface area (TPSA) is 138 Å². The zero-order valence-corrected chi connectivity index (χ0v) is 29.3. The Balaban J connectivity index is 1.26. The van der Waals surface area contributed by atoms with Crippen LogP contribution in [-0.2, 0) is 18.9 Å². The van der Waals surface area contributed by atoms with Gasteiger partial charge in [-0.25, -0.2) is 0 Å². The zero-order chi connectivity index (χ0) is 33.4. The highest BCUT2D eigenvalue weighted by Crippen LogP contribution is 2.72. The van der Waals surface area contributed by atoms with Crippen LogP contribution in [0.3, 0.4) is 0 Å². The van der Waals surface area contributed by atoms with Gasteiger partial charge in [-0.3, -0.25) is 0 Å². The Bertz CT molecular complexity index is 1150. The van der Waals surface area contributed by atoms with Crippen LogP contribution in [-0.4, -0.2) is 100.0 Å². The van der Waals surface area contributed by atoms with Gasteiger partial charge >= 0.3 is 0 Å². The van der Waals surface area contributed by atoms with Gasteiger partial charge in [-0.05, 0) is 119 Å². The minimum atomic E-state index is -1.52. The maximum atomic E-state index is 12.7. The first-order valence-electron chi connectivity index (χ1n) is 18.1. The lowest BCUT2D eigenvalue weighted by Gasteiger charge is -2.62. The minimum Gasteiger partial charge on any atom is -0.394 e. The first-order valence-corrected chi connectivity index (χ1v) is 18.1. The average Bonchev–Trinajstić information content (AvgIpc) is 3.63. The van der Waals surface area contributed by atoms with Crippen molar-refractivity contribution in [1.29, 1.82) is 0 Å². The quantitative estimate of drug-likeness (QED) is 0.220. The van der Waals surface area contributed by atoms with E-state index in [1.165, 1.54) is 6.42 Å². The standard InChI is InChI=1S/C37H62O9/c1-33(2,43-7)15-8-16-37(42,20-44-32-31(41)30(40)29(39)26(19-38)46-32)22-13-17-35(5)21(22)9-10-24-28-23(14-18-36(24,35)6)34(3,4)27-12-11-25(28)45-27/h21-22,24-27,29-32,38-42H,8-20H2,1-7H3/t21-,22+,24-,25-,26-,27+,29-,30+,31-,32-,35-,36-,37-/m1/s1. The van der Waals surface area contributed by atoms with Gasteiger partial charge in [-0.1, -0.05) is 33.3 Å². The summed E-state index contributed by atoms with van der Waals surface area (Å²) in [7, 11) is 1.71.